The molecule has 11 heavy (non-hydrogen) atoms. The standard InChI is InChI=1S/C8H14N2O/c1-11-6-8(4-9)7-2-3-10-5-7/h2-3,5,8,10H,4,6,9H2,1H3. The molecule has 1 unspecified atom stereocenters. The van der Waals surface area contributed by atoms with Crippen LogP contribution in [0.4, 0.5) is 0 Å². The summed E-state index contributed by atoms with van der Waals surface area (Å²) >= 11 is 0. The number of nitrogens with two attached hydrogens (primary N) is 1. The molecule has 0 saturated heterocycles. The molecule has 0 aliphatic carbocycles. The number of aromatic amines is 1. The van der Waals surface area contributed by atoms with Gasteiger partial charge in [-0.25, -0.2) is 0 Å². The Kier molecular flexibility index (Phi) is 3.14. The molecule has 1 heterocycles. The molecule has 0 bridgehead atoms. The fourth-order valence-corrected chi connectivity index (χ4v) is 1.09. The summed E-state index contributed by atoms with van der Waals surface area (Å²) in [7, 11) is 1.69. The number of ether oxygens (including phenoxy) is 1. The Hall–Kier alpha value is -0.800. The van der Waals surface area contributed by atoms with Gasteiger partial charge in [0.1, 0.15) is 0 Å². The molecule has 62 valence electrons. The lowest BCUT2D eigenvalue weighted by atomic mass is 10.0. The third-order valence-electron chi connectivity index (χ3n) is 1.75. The maximum absolute atomic E-state index is 5.56. The molecule has 0 spiro atoms. The fourth-order valence-electron chi connectivity index (χ4n) is 1.09. The molecule has 1 rings (SSSR count). The highest BCUT2D eigenvalue weighted by Gasteiger charge is 2.08. The third kappa shape index (κ3) is 2.06. The summed E-state index contributed by atoms with van der Waals surface area (Å²) < 4.78 is 5.02. The second kappa shape index (κ2) is 4.16. The zero-order valence-electron chi connectivity index (χ0n) is 6.71. The highest BCUT2D eigenvalue weighted by Crippen LogP contribution is 2.12. The van der Waals surface area contributed by atoms with Crippen LogP contribution in [-0.4, -0.2) is 25.2 Å². The Morgan fingerprint density at radius 1 is 1.73 bits per heavy atom. The van der Waals surface area contributed by atoms with E-state index in [2.05, 4.69) is 4.98 Å². The van der Waals surface area contributed by atoms with Crippen LogP contribution in [0.2, 0.25) is 0 Å². The second-order valence-electron chi connectivity index (χ2n) is 2.53. The number of aromatic nitrogens is 1. The summed E-state index contributed by atoms with van der Waals surface area (Å²) in [5.74, 6) is 0.325. The van der Waals surface area contributed by atoms with Gasteiger partial charge in [0.25, 0.3) is 0 Å². The van der Waals surface area contributed by atoms with Crippen LogP contribution in [0.15, 0.2) is 18.5 Å². The monoisotopic (exact) mass is 154 g/mol. The van der Waals surface area contributed by atoms with Crippen molar-refractivity contribution >= 4 is 0 Å². The Morgan fingerprint density at radius 2 is 2.55 bits per heavy atom. The van der Waals surface area contributed by atoms with Gasteiger partial charge in [0, 0.05) is 32.0 Å². The maximum atomic E-state index is 5.56. The van der Waals surface area contributed by atoms with Crippen LogP contribution in [0.3, 0.4) is 0 Å². The van der Waals surface area contributed by atoms with Gasteiger partial charge in [-0.15, -0.1) is 0 Å². The first-order chi connectivity index (χ1) is 5.38. The number of rotatable bonds is 4. The molecule has 3 N–H and O–H groups in total. The number of H-pyrrole nitrogens is 1. The summed E-state index contributed by atoms with van der Waals surface area (Å²) in [5.41, 5.74) is 6.77. The Bertz CT molecular complexity index is 184. The largest absolute Gasteiger partial charge is 0.384 e. The van der Waals surface area contributed by atoms with Gasteiger partial charge in [-0.3, -0.25) is 0 Å². The van der Waals surface area contributed by atoms with Crippen molar-refractivity contribution in [3.05, 3.63) is 24.0 Å². The lowest BCUT2D eigenvalue weighted by Crippen LogP contribution is -2.16. The van der Waals surface area contributed by atoms with Crippen LogP contribution >= 0.6 is 0 Å². The van der Waals surface area contributed by atoms with E-state index in [1.165, 1.54) is 5.56 Å². The van der Waals surface area contributed by atoms with Crippen LogP contribution in [0.1, 0.15) is 11.5 Å². The first-order valence-electron chi connectivity index (χ1n) is 3.70. The van der Waals surface area contributed by atoms with Gasteiger partial charge >= 0.3 is 0 Å². The van der Waals surface area contributed by atoms with Gasteiger partial charge in [0.2, 0.25) is 0 Å². The number of hydrogen-bond acceptors (Lipinski definition) is 2. The Balaban J connectivity index is 2.56. The first kappa shape index (κ1) is 8.30. The van der Waals surface area contributed by atoms with E-state index in [0.29, 0.717) is 19.1 Å². The summed E-state index contributed by atoms with van der Waals surface area (Å²) in [6.45, 7) is 1.32. The SMILES string of the molecule is COCC(CN)c1cc[nH]c1. The van der Waals surface area contributed by atoms with E-state index in [0.717, 1.165) is 0 Å². The predicted octanol–water partition coefficient (Wildman–Crippen LogP) is 0.703. The zero-order valence-corrected chi connectivity index (χ0v) is 6.71. The van der Waals surface area contributed by atoms with Crippen LogP contribution in [-0.2, 0) is 4.74 Å². The molecule has 0 aliphatic heterocycles. The second-order valence-corrected chi connectivity index (χ2v) is 2.53. The van der Waals surface area contributed by atoms with Gasteiger partial charge in [0.15, 0.2) is 0 Å². The fraction of sp³-hybridized carbons (Fsp3) is 0.500. The molecule has 0 aliphatic rings. The van der Waals surface area contributed by atoms with Crippen molar-refractivity contribution < 1.29 is 4.74 Å². The quantitative estimate of drug-likeness (QED) is 0.670. The van der Waals surface area contributed by atoms with Gasteiger partial charge in [0.05, 0.1) is 6.61 Å². The topological polar surface area (TPSA) is 51.0 Å². The molecule has 0 amide bonds. The summed E-state index contributed by atoms with van der Waals surface area (Å²) in [5, 5.41) is 0. The lowest BCUT2D eigenvalue weighted by molar-refractivity contribution is 0.181. The average molecular weight is 154 g/mol. The van der Waals surface area contributed by atoms with E-state index in [9.17, 15) is 0 Å². The lowest BCUT2D eigenvalue weighted by Gasteiger charge is -2.10. The molecular weight excluding hydrogens is 140 g/mol. The average Bonchev–Trinajstić information content (AvgIpc) is 2.52. The van der Waals surface area contributed by atoms with E-state index in [1.807, 2.05) is 18.5 Å². The molecule has 1 aromatic rings. The number of methoxy groups -OCH3 is 1. The Labute approximate surface area is 66.6 Å². The van der Waals surface area contributed by atoms with Gasteiger partial charge < -0.3 is 15.5 Å². The molecule has 0 fully saturated rings. The van der Waals surface area contributed by atoms with E-state index in [4.69, 9.17) is 10.5 Å². The molecule has 0 saturated carbocycles. The minimum Gasteiger partial charge on any atom is -0.384 e. The maximum Gasteiger partial charge on any atom is 0.0543 e. The van der Waals surface area contributed by atoms with Crippen LogP contribution in [0.5, 0.6) is 0 Å². The van der Waals surface area contributed by atoms with Crippen molar-refractivity contribution in [3.63, 3.8) is 0 Å². The smallest absolute Gasteiger partial charge is 0.0543 e. The highest BCUT2D eigenvalue weighted by molar-refractivity contribution is 5.15. The molecular formula is C8H14N2O. The van der Waals surface area contributed by atoms with Gasteiger partial charge in [-0.05, 0) is 11.6 Å². The normalized spacial score (nSPS) is 13.3. The predicted molar refractivity (Wildman–Crippen MR) is 44.5 cm³/mol. The van der Waals surface area contributed by atoms with E-state index in [-0.39, 0.29) is 0 Å². The number of nitrogens with one attached hydrogen (secondary N) is 1. The van der Waals surface area contributed by atoms with Crippen molar-refractivity contribution in [2.45, 2.75) is 5.92 Å². The van der Waals surface area contributed by atoms with Gasteiger partial charge in [-0.2, -0.15) is 0 Å². The van der Waals surface area contributed by atoms with E-state index >= 15 is 0 Å². The van der Waals surface area contributed by atoms with Crippen molar-refractivity contribution in [1.29, 1.82) is 0 Å². The minimum absolute atomic E-state index is 0.325. The van der Waals surface area contributed by atoms with Gasteiger partial charge in [-0.1, -0.05) is 0 Å². The molecule has 3 nitrogen and oxygen atoms in total. The van der Waals surface area contributed by atoms with Crippen LogP contribution in [0, 0.1) is 0 Å². The number of hydrogen-bond donors (Lipinski definition) is 2. The minimum atomic E-state index is 0.325. The molecule has 0 aromatic carbocycles. The van der Waals surface area contributed by atoms with Crippen LogP contribution < -0.4 is 5.73 Å². The summed E-state index contributed by atoms with van der Waals surface area (Å²) in [6.07, 6.45) is 3.85. The van der Waals surface area contributed by atoms with Crippen molar-refractivity contribution in [2.75, 3.05) is 20.3 Å². The van der Waals surface area contributed by atoms with Crippen molar-refractivity contribution in [1.82, 2.24) is 4.98 Å². The van der Waals surface area contributed by atoms with E-state index in [1.54, 1.807) is 7.11 Å². The Morgan fingerprint density at radius 3 is 3.00 bits per heavy atom. The molecule has 0 radical (unpaired) electrons. The van der Waals surface area contributed by atoms with Crippen LogP contribution in [0.25, 0.3) is 0 Å². The molecule has 1 aromatic heterocycles. The van der Waals surface area contributed by atoms with Crippen molar-refractivity contribution in [3.8, 4) is 0 Å². The summed E-state index contributed by atoms with van der Waals surface area (Å²) in [4.78, 5) is 2.99. The summed E-state index contributed by atoms with van der Waals surface area (Å²) in [6, 6.07) is 2.02. The van der Waals surface area contributed by atoms with E-state index < -0.39 is 0 Å². The molecule has 3 heteroatoms. The highest BCUT2D eigenvalue weighted by atomic mass is 16.5. The zero-order chi connectivity index (χ0) is 8.10. The first-order valence-corrected chi connectivity index (χ1v) is 3.70. The molecule has 1 atom stereocenters. The third-order valence-corrected chi connectivity index (χ3v) is 1.75. The van der Waals surface area contributed by atoms with Crippen molar-refractivity contribution in [2.24, 2.45) is 5.73 Å².